The lowest BCUT2D eigenvalue weighted by Crippen LogP contribution is -2.26. The van der Waals surface area contributed by atoms with E-state index in [-0.39, 0.29) is 23.4 Å². The van der Waals surface area contributed by atoms with Gasteiger partial charge in [-0.15, -0.1) is 0 Å². The van der Waals surface area contributed by atoms with Crippen molar-refractivity contribution >= 4 is 51.5 Å². The topological polar surface area (TPSA) is 50.4 Å². The first kappa shape index (κ1) is 17.3. The Bertz CT molecular complexity index is 796. The Kier molecular flexibility index (Phi) is 5.15. The molecule has 2 aromatic rings. The van der Waals surface area contributed by atoms with E-state index in [0.717, 1.165) is 16.4 Å². The van der Waals surface area contributed by atoms with E-state index in [1.54, 1.807) is 12.1 Å². The number of benzene rings is 2. The SMILES string of the molecule is COc1c(F)ccc(C(=O)NC2CC2)c1Nc1ccc(I)cc1Cl. The van der Waals surface area contributed by atoms with Crippen LogP contribution in [0.2, 0.25) is 5.02 Å². The number of hydrogen-bond donors (Lipinski definition) is 2. The van der Waals surface area contributed by atoms with Crippen molar-refractivity contribution < 1.29 is 13.9 Å². The van der Waals surface area contributed by atoms with Gasteiger partial charge in [0.1, 0.15) is 0 Å². The van der Waals surface area contributed by atoms with Gasteiger partial charge in [0, 0.05) is 9.61 Å². The molecule has 0 bridgehead atoms. The van der Waals surface area contributed by atoms with Crippen molar-refractivity contribution in [1.29, 1.82) is 0 Å². The molecule has 2 aromatic carbocycles. The van der Waals surface area contributed by atoms with E-state index in [0.29, 0.717) is 16.3 Å². The molecule has 126 valence electrons. The van der Waals surface area contributed by atoms with Crippen LogP contribution in [0.1, 0.15) is 23.2 Å². The summed E-state index contributed by atoms with van der Waals surface area (Å²) in [5, 5.41) is 6.42. The molecule has 1 aliphatic carbocycles. The Morgan fingerprint density at radius 2 is 2.08 bits per heavy atom. The van der Waals surface area contributed by atoms with Crippen LogP contribution in [0, 0.1) is 9.39 Å². The lowest BCUT2D eigenvalue weighted by molar-refractivity contribution is 0.0951. The number of nitrogens with one attached hydrogen (secondary N) is 2. The molecule has 0 atom stereocenters. The third-order valence-electron chi connectivity index (χ3n) is 3.66. The number of ether oxygens (including phenoxy) is 1. The molecule has 1 fully saturated rings. The summed E-state index contributed by atoms with van der Waals surface area (Å²) in [5.41, 5.74) is 1.15. The number of hydrogen-bond acceptors (Lipinski definition) is 3. The average molecular weight is 461 g/mol. The van der Waals surface area contributed by atoms with Gasteiger partial charge in [-0.2, -0.15) is 0 Å². The molecule has 0 radical (unpaired) electrons. The van der Waals surface area contributed by atoms with Crippen molar-refractivity contribution in [1.82, 2.24) is 5.32 Å². The molecule has 0 aliphatic heterocycles. The van der Waals surface area contributed by atoms with Crippen molar-refractivity contribution in [3.63, 3.8) is 0 Å². The lowest BCUT2D eigenvalue weighted by Gasteiger charge is -2.17. The summed E-state index contributed by atoms with van der Waals surface area (Å²) in [6.45, 7) is 0. The minimum Gasteiger partial charge on any atom is -0.492 e. The average Bonchev–Trinajstić information content (AvgIpc) is 3.34. The van der Waals surface area contributed by atoms with Crippen molar-refractivity contribution in [2.24, 2.45) is 0 Å². The zero-order valence-corrected chi connectivity index (χ0v) is 15.7. The number of amides is 1. The number of methoxy groups -OCH3 is 1. The normalized spacial score (nSPS) is 13.5. The summed E-state index contributed by atoms with van der Waals surface area (Å²) in [7, 11) is 1.36. The molecule has 1 amide bonds. The minimum atomic E-state index is -0.551. The molecule has 0 aromatic heterocycles. The summed E-state index contributed by atoms with van der Waals surface area (Å²) >= 11 is 8.39. The zero-order valence-electron chi connectivity index (χ0n) is 12.8. The van der Waals surface area contributed by atoms with Crippen LogP contribution in [0.3, 0.4) is 0 Å². The predicted molar refractivity (Wildman–Crippen MR) is 101 cm³/mol. The Hall–Kier alpha value is -1.54. The van der Waals surface area contributed by atoms with Gasteiger partial charge < -0.3 is 15.4 Å². The molecular formula is C17H15ClFIN2O2. The van der Waals surface area contributed by atoms with Crippen LogP contribution >= 0.6 is 34.2 Å². The van der Waals surface area contributed by atoms with E-state index >= 15 is 0 Å². The van der Waals surface area contributed by atoms with Crippen molar-refractivity contribution in [2.45, 2.75) is 18.9 Å². The molecule has 1 aliphatic rings. The van der Waals surface area contributed by atoms with Crippen LogP contribution in [0.15, 0.2) is 30.3 Å². The third kappa shape index (κ3) is 3.75. The van der Waals surface area contributed by atoms with Gasteiger partial charge in [0.05, 0.1) is 29.1 Å². The summed E-state index contributed by atoms with van der Waals surface area (Å²) in [6.07, 6.45) is 1.94. The molecule has 24 heavy (non-hydrogen) atoms. The Balaban J connectivity index is 2.02. The zero-order chi connectivity index (χ0) is 17.3. The molecular weight excluding hydrogens is 446 g/mol. The highest BCUT2D eigenvalue weighted by molar-refractivity contribution is 14.1. The van der Waals surface area contributed by atoms with Gasteiger partial charge in [0.15, 0.2) is 11.6 Å². The van der Waals surface area contributed by atoms with Crippen LogP contribution in [0.5, 0.6) is 5.75 Å². The van der Waals surface area contributed by atoms with Crippen LogP contribution < -0.4 is 15.4 Å². The van der Waals surface area contributed by atoms with Crippen LogP contribution in [-0.2, 0) is 0 Å². The Labute approximate surface area is 157 Å². The molecule has 0 spiro atoms. The van der Waals surface area contributed by atoms with Crippen molar-refractivity contribution in [3.8, 4) is 5.75 Å². The van der Waals surface area contributed by atoms with Crippen LogP contribution in [0.4, 0.5) is 15.8 Å². The van der Waals surface area contributed by atoms with Gasteiger partial charge in [0.2, 0.25) is 0 Å². The van der Waals surface area contributed by atoms with Crippen LogP contribution in [-0.4, -0.2) is 19.1 Å². The molecule has 1 saturated carbocycles. The summed E-state index contributed by atoms with van der Waals surface area (Å²) < 4.78 is 20.2. The summed E-state index contributed by atoms with van der Waals surface area (Å²) in [4.78, 5) is 12.5. The molecule has 3 rings (SSSR count). The highest BCUT2D eigenvalue weighted by Crippen LogP contribution is 2.36. The number of carbonyl (C=O) groups is 1. The van der Waals surface area contributed by atoms with E-state index in [4.69, 9.17) is 16.3 Å². The van der Waals surface area contributed by atoms with E-state index in [1.807, 2.05) is 6.07 Å². The number of halogens is 3. The van der Waals surface area contributed by atoms with Crippen molar-refractivity contribution in [2.75, 3.05) is 12.4 Å². The molecule has 2 N–H and O–H groups in total. The third-order valence-corrected chi connectivity index (χ3v) is 4.65. The predicted octanol–water partition coefficient (Wildman–Crippen LogP) is 4.73. The highest BCUT2D eigenvalue weighted by atomic mass is 127. The maximum absolute atomic E-state index is 14.1. The van der Waals surface area contributed by atoms with E-state index in [1.165, 1.54) is 19.2 Å². The molecule has 4 nitrogen and oxygen atoms in total. The fraction of sp³-hybridized carbons (Fsp3) is 0.235. The van der Waals surface area contributed by atoms with Gasteiger partial charge in [-0.3, -0.25) is 4.79 Å². The molecule has 0 heterocycles. The van der Waals surface area contributed by atoms with Crippen LogP contribution in [0.25, 0.3) is 0 Å². The second-order valence-corrected chi connectivity index (χ2v) is 7.15. The summed E-state index contributed by atoms with van der Waals surface area (Å²) in [6, 6.07) is 8.28. The Morgan fingerprint density at radius 1 is 1.33 bits per heavy atom. The highest BCUT2D eigenvalue weighted by Gasteiger charge is 2.27. The monoisotopic (exact) mass is 460 g/mol. The maximum atomic E-state index is 14.1. The van der Waals surface area contributed by atoms with E-state index in [2.05, 4.69) is 33.2 Å². The second kappa shape index (κ2) is 7.14. The van der Waals surface area contributed by atoms with Gasteiger partial charge in [-0.25, -0.2) is 4.39 Å². The second-order valence-electron chi connectivity index (χ2n) is 5.50. The Morgan fingerprint density at radius 3 is 2.71 bits per heavy atom. The van der Waals surface area contributed by atoms with Gasteiger partial charge in [-0.05, 0) is 65.8 Å². The van der Waals surface area contributed by atoms with Crippen molar-refractivity contribution in [3.05, 3.63) is 50.3 Å². The maximum Gasteiger partial charge on any atom is 0.253 e. The van der Waals surface area contributed by atoms with Gasteiger partial charge in [-0.1, -0.05) is 11.6 Å². The molecule has 7 heteroatoms. The van der Waals surface area contributed by atoms with E-state index < -0.39 is 5.82 Å². The smallest absolute Gasteiger partial charge is 0.253 e. The number of carbonyl (C=O) groups excluding carboxylic acids is 1. The van der Waals surface area contributed by atoms with Gasteiger partial charge >= 0.3 is 0 Å². The van der Waals surface area contributed by atoms with E-state index in [9.17, 15) is 9.18 Å². The number of anilines is 2. The standard InChI is InChI=1S/C17H15ClFIN2O2/c1-24-16-13(19)6-5-11(17(23)21-10-3-4-10)15(16)22-14-7-2-9(20)8-12(14)18/h2,5-8,10,22H,3-4H2,1H3,(H,21,23). The summed E-state index contributed by atoms with van der Waals surface area (Å²) in [5.74, 6) is -0.836. The first-order valence-corrected chi connectivity index (χ1v) is 8.84. The molecule has 0 saturated heterocycles. The molecule has 0 unspecified atom stereocenters. The number of rotatable bonds is 5. The fourth-order valence-corrected chi connectivity index (χ4v) is 3.19. The largest absolute Gasteiger partial charge is 0.492 e. The fourth-order valence-electron chi connectivity index (χ4n) is 2.29. The first-order chi connectivity index (χ1) is 11.5. The van der Waals surface area contributed by atoms with Gasteiger partial charge in [0.25, 0.3) is 5.91 Å². The quantitative estimate of drug-likeness (QED) is 0.635. The first-order valence-electron chi connectivity index (χ1n) is 7.39. The lowest BCUT2D eigenvalue weighted by atomic mass is 10.1. The minimum absolute atomic E-state index is 0.0203.